The molecule has 2 aromatic carbocycles. The van der Waals surface area contributed by atoms with Gasteiger partial charge in [0.25, 0.3) is 5.91 Å². The molecule has 0 unspecified atom stereocenters. The zero-order valence-corrected chi connectivity index (χ0v) is 14.9. The summed E-state index contributed by atoms with van der Waals surface area (Å²) >= 11 is 5.91. The average Bonchev–Trinajstić information content (AvgIpc) is 3.19. The Kier molecular flexibility index (Phi) is 3.96. The summed E-state index contributed by atoms with van der Waals surface area (Å²) in [4.78, 5) is 39.9. The largest absolute Gasteiger partial charge is 0.464 e. The van der Waals surface area contributed by atoms with E-state index in [0.29, 0.717) is 16.3 Å². The van der Waals surface area contributed by atoms with Gasteiger partial charge in [0.15, 0.2) is 11.3 Å². The number of esters is 1. The second-order valence-electron chi connectivity index (χ2n) is 6.16. The first kappa shape index (κ1) is 17.2. The van der Waals surface area contributed by atoms with E-state index < -0.39 is 29.2 Å². The van der Waals surface area contributed by atoms with Gasteiger partial charge < -0.3 is 4.74 Å². The Morgan fingerprint density at radius 1 is 1.15 bits per heavy atom. The maximum Gasteiger partial charge on any atom is 0.355 e. The van der Waals surface area contributed by atoms with E-state index in [1.165, 1.54) is 7.11 Å². The van der Waals surface area contributed by atoms with Crippen molar-refractivity contribution in [2.45, 2.75) is 5.54 Å². The van der Waals surface area contributed by atoms with Crippen molar-refractivity contribution in [1.29, 1.82) is 0 Å². The number of imide groups is 1. The number of rotatable bonds is 3. The Hall–Kier alpha value is -3.19. The fraction of sp³-hybridized carbons (Fsp3) is 0.158. The average molecular weight is 384 g/mol. The van der Waals surface area contributed by atoms with Gasteiger partial charge >= 0.3 is 5.97 Å². The summed E-state index contributed by atoms with van der Waals surface area (Å²) in [6.45, 7) is 0. The molecule has 4 rings (SSSR count). The molecule has 1 fully saturated rings. The van der Waals surface area contributed by atoms with E-state index in [0.717, 1.165) is 4.90 Å². The Bertz CT molecular complexity index is 974. The van der Waals surface area contributed by atoms with Gasteiger partial charge in [-0.05, 0) is 29.8 Å². The van der Waals surface area contributed by atoms with E-state index in [1.54, 1.807) is 54.6 Å². The highest BCUT2D eigenvalue weighted by atomic mass is 35.5. The van der Waals surface area contributed by atoms with Crippen LogP contribution in [0.3, 0.4) is 0 Å². The lowest BCUT2D eigenvalue weighted by Crippen LogP contribution is -2.48. The van der Waals surface area contributed by atoms with Crippen molar-refractivity contribution in [2.24, 2.45) is 11.0 Å². The number of benzene rings is 2. The molecule has 136 valence electrons. The SMILES string of the molecule is COC(=O)C1=NN[C@]2(c3ccccc3)C(=O)N(c3ccc(Cl)cc3)C(=O)[C@H]12. The number of ether oxygens (including phenoxy) is 1. The molecule has 2 amide bonds. The van der Waals surface area contributed by atoms with Crippen LogP contribution in [0.2, 0.25) is 5.02 Å². The molecule has 0 aliphatic carbocycles. The van der Waals surface area contributed by atoms with Crippen molar-refractivity contribution in [2.75, 3.05) is 12.0 Å². The molecule has 2 aromatic rings. The minimum atomic E-state index is -1.50. The zero-order chi connectivity index (χ0) is 19.2. The van der Waals surface area contributed by atoms with Crippen molar-refractivity contribution >= 4 is 40.8 Å². The van der Waals surface area contributed by atoms with E-state index in [9.17, 15) is 14.4 Å². The summed E-state index contributed by atoms with van der Waals surface area (Å²) in [5.41, 5.74) is 2.03. The molecule has 0 radical (unpaired) electrons. The Morgan fingerprint density at radius 3 is 2.44 bits per heavy atom. The maximum absolute atomic E-state index is 13.4. The Balaban J connectivity index is 1.88. The molecule has 1 N–H and O–H groups in total. The molecule has 2 atom stereocenters. The van der Waals surface area contributed by atoms with E-state index in [2.05, 4.69) is 10.5 Å². The van der Waals surface area contributed by atoms with Crippen molar-refractivity contribution in [3.63, 3.8) is 0 Å². The molecule has 0 aromatic heterocycles. The van der Waals surface area contributed by atoms with Gasteiger partial charge in [-0.3, -0.25) is 15.0 Å². The highest BCUT2D eigenvalue weighted by molar-refractivity contribution is 6.47. The van der Waals surface area contributed by atoms with Crippen LogP contribution in [0.1, 0.15) is 5.56 Å². The van der Waals surface area contributed by atoms with Crippen molar-refractivity contribution in [3.8, 4) is 0 Å². The number of anilines is 1. The van der Waals surface area contributed by atoms with Crippen molar-refractivity contribution in [3.05, 3.63) is 65.2 Å². The van der Waals surface area contributed by atoms with Crippen LogP contribution in [0.4, 0.5) is 5.69 Å². The number of hydrazone groups is 1. The van der Waals surface area contributed by atoms with Crippen molar-refractivity contribution in [1.82, 2.24) is 5.43 Å². The summed E-state index contributed by atoms with van der Waals surface area (Å²) in [5, 5.41) is 4.46. The van der Waals surface area contributed by atoms with Gasteiger partial charge in [-0.25, -0.2) is 9.69 Å². The van der Waals surface area contributed by atoms with Crippen LogP contribution >= 0.6 is 11.6 Å². The summed E-state index contributed by atoms with van der Waals surface area (Å²) in [5.74, 6) is -2.96. The lowest BCUT2D eigenvalue weighted by atomic mass is 9.79. The number of nitrogens with one attached hydrogen (secondary N) is 1. The standard InChI is InChI=1S/C19H14ClN3O4/c1-27-17(25)15-14-16(24)23(13-9-7-12(20)8-10-13)18(26)19(14,22-21-15)11-5-3-2-4-6-11/h2-10,14,22H,1H3/t14-,19-/m0/s1. The van der Waals surface area contributed by atoms with Gasteiger partial charge in [0.1, 0.15) is 5.92 Å². The van der Waals surface area contributed by atoms with Gasteiger partial charge in [-0.15, -0.1) is 0 Å². The van der Waals surface area contributed by atoms with Crippen molar-refractivity contribution < 1.29 is 19.1 Å². The number of hydrogen-bond donors (Lipinski definition) is 1. The lowest BCUT2D eigenvalue weighted by Gasteiger charge is -2.26. The minimum Gasteiger partial charge on any atom is -0.464 e. The third kappa shape index (κ3) is 2.35. The summed E-state index contributed by atoms with van der Waals surface area (Å²) in [7, 11) is 1.20. The molecule has 1 saturated heterocycles. The first-order valence-electron chi connectivity index (χ1n) is 8.13. The van der Waals surface area contributed by atoms with E-state index in [4.69, 9.17) is 16.3 Å². The number of hydrogen-bond acceptors (Lipinski definition) is 6. The highest BCUT2D eigenvalue weighted by Crippen LogP contribution is 2.45. The normalized spacial score (nSPS) is 23.7. The number of halogens is 1. The molecule has 8 heteroatoms. The predicted octanol–water partition coefficient (Wildman–Crippen LogP) is 1.86. The minimum absolute atomic E-state index is 0.129. The summed E-state index contributed by atoms with van der Waals surface area (Å²) in [6.07, 6.45) is 0. The number of amides is 2. The number of fused-ring (bicyclic) bond motifs is 1. The van der Waals surface area contributed by atoms with Crippen LogP contribution < -0.4 is 10.3 Å². The molecular weight excluding hydrogens is 370 g/mol. The van der Waals surface area contributed by atoms with Gasteiger partial charge in [-0.2, -0.15) is 5.10 Å². The smallest absolute Gasteiger partial charge is 0.355 e. The van der Waals surface area contributed by atoms with Gasteiger partial charge in [0.05, 0.1) is 12.8 Å². The molecule has 2 aliphatic heterocycles. The van der Waals surface area contributed by atoms with Crippen LogP contribution in [0.25, 0.3) is 0 Å². The van der Waals surface area contributed by atoms with E-state index in [-0.39, 0.29) is 5.71 Å². The third-order valence-corrected chi connectivity index (χ3v) is 5.03. The maximum atomic E-state index is 13.4. The Labute approximate surface area is 159 Å². The zero-order valence-electron chi connectivity index (χ0n) is 14.2. The molecule has 0 saturated carbocycles. The molecule has 7 nitrogen and oxygen atoms in total. The fourth-order valence-electron chi connectivity index (χ4n) is 3.52. The van der Waals surface area contributed by atoms with Crippen LogP contribution in [-0.2, 0) is 24.7 Å². The molecule has 2 heterocycles. The van der Waals surface area contributed by atoms with Gasteiger partial charge in [-0.1, -0.05) is 41.9 Å². The first-order chi connectivity index (χ1) is 13.0. The molecule has 2 aliphatic rings. The quantitative estimate of drug-likeness (QED) is 0.645. The highest BCUT2D eigenvalue weighted by Gasteiger charge is 2.67. The Morgan fingerprint density at radius 2 is 1.81 bits per heavy atom. The number of carbonyl (C=O) groups excluding carboxylic acids is 3. The molecular formula is C19H14ClN3O4. The van der Waals surface area contributed by atoms with Crippen LogP contribution in [0.5, 0.6) is 0 Å². The van der Waals surface area contributed by atoms with Crippen LogP contribution in [0.15, 0.2) is 59.7 Å². The second kappa shape index (κ2) is 6.21. The fourth-order valence-corrected chi connectivity index (χ4v) is 3.65. The number of methoxy groups -OCH3 is 1. The van der Waals surface area contributed by atoms with E-state index in [1.807, 2.05) is 0 Å². The van der Waals surface area contributed by atoms with E-state index >= 15 is 0 Å². The van der Waals surface area contributed by atoms with Gasteiger partial charge in [0.2, 0.25) is 5.91 Å². The molecule has 0 spiro atoms. The number of nitrogens with zero attached hydrogens (tertiary/aromatic N) is 2. The predicted molar refractivity (Wildman–Crippen MR) is 98.1 cm³/mol. The summed E-state index contributed by atoms with van der Waals surface area (Å²) in [6, 6.07) is 15.1. The topological polar surface area (TPSA) is 88.1 Å². The second-order valence-corrected chi connectivity index (χ2v) is 6.60. The third-order valence-electron chi connectivity index (χ3n) is 4.78. The number of carbonyl (C=O) groups is 3. The monoisotopic (exact) mass is 383 g/mol. The first-order valence-corrected chi connectivity index (χ1v) is 8.51. The molecule has 0 bridgehead atoms. The lowest BCUT2D eigenvalue weighted by molar-refractivity contribution is -0.133. The van der Waals surface area contributed by atoms with Gasteiger partial charge in [0, 0.05) is 5.02 Å². The molecule has 27 heavy (non-hydrogen) atoms. The summed E-state index contributed by atoms with van der Waals surface area (Å²) < 4.78 is 4.75. The van der Waals surface area contributed by atoms with Crippen LogP contribution in [-0.4, -0.2) is 30.6 Å². The van der Waals surface area contributed by atoms with Crippen LogP contribution in [0, 0.1) is 5.92 Å².